The zero-order valence-corrected chi connectivity index (χ0v) is 15.5. The lowest BCUT2D eigenvalue weighted by atomic mass is 9.86. The number of thiazole rings is 1. The summed E-state index contributed by atoms with van der Waals surface area (Å²) in [5.41, 5.74) is 0. The molecule has 1 aliphatic rings. The van der Waals surface area contributed by atoms with Crippen molar-refractivity contribution in [2.75, 3.05) is 11.1 Å². The highest BCUT2D eigenvalue weighted by molar-refractivity contribution is 7.99. The van der Waals surface area contributed by atoms with Gasteiger partial charge in [0.05, 0.1) is 5.75 Å². The van der Waals surface area contributed by atoms with Gasteiger partial charge in [-0.15, -0.1) is 21.5 Å². The van der Waals surface area contributed by atoms with Crippen LogP contribution in [0, 0.1) is 5.92 Å². The predicted molar refractivity (Wildman–Crippen MR) is 97.4 cm³/mol. The van der Waals surface area contributed by atoms with Crippen LogP contribution in [0.2, 0.25) is 0 Å². The summed E-state index contributed by atoms with van der Waals surface area (Å²) >= 11 is 2.83. The number of carbonyl (C=O) groups is 1. The minimum atomic E-state index is -0.0679. The number of rotatable bonds is 7. The van der Waals surface area contributed by atoms with Crippen LogP contribution in [-0.2, 0) is 18.3 Å². The SMILES string of the molecule is Cn1c(CCC2CCCCC2)nnc1SCC(=O)Nc1nccs1. The summed E-state index contributed by atoms with van der Waals surface area (Å²) in [6, 6.07) is 0. The molecule has 3 rings (SSSR count). The van der Waals surface area contributed by atoms with Crippen LogP contribution < -0.4 is 5.32 Å². The number of aromatic nitrogens is 4. The number of anilines is 1. The maximum absolute atomic E-state index is 11.9. The van der Waals surface area contributed by atoms with Crippen LogP contribution >= 0.6 is 23.1 Å². The van der Waals surface area contributed by atoms with Gasteiger partial charge >= 0.3 is 0 Å². The Labute approximate surface area is 150 Å². The molecule has 1 amide bonds. The number of aryl methyl sites for hydroxylation is 1. The molecule has 6 nitrogen and oxygen atoms in total. The Balaban J connectivity index is 1.46. The molecule has 2 aromatic heterocycles. The summed E-state index contributed by atoms with van der Waals surface area (Å²) in [7, 11) is 1.98. The van der Waals surface area contributed by atoms with Crippen LogP contribution in [-0.4, -0.2) is 31.4 Å². The Hall–Kier alpha value is -1.41. The first-order valence-corrected chi connectivity index (χ1v) is 10.3. The van der Waals surface area contributed by atoms with E-state index in [2.05, 4.69) is 20.5 Å². The van der Waals surface area contributed by atoms with Crippen molar-refractivity contribution < 1.29 is 4.79 Å². The molecule has 1 saturated carbocycles. The van der Waals surface area contributed by atoms with E-state index in [1.807, 2.05) is 17.0 Å². The van der Waals surface area contributed by atoms with Crippen molar-refractivity contribution in [3.63, 3.8) is 0 Å². The number of nitrogens with zero attached hydrogens (tertiary/aromatic N) is 4. The summed E-state index contributed by atoms with van der Waals surface area (Å²) in [6.07, 6.45) is 10.7. The lowest BCUT2D eigenvalue weighted by Crippen LogP contribution is -2.14. The maximum atomic E-state index is 11.9. The molecular formula is C16H23N5OS2. The predicted octanol–water partition coefficient (Wildman–Crippen LogP) is 3.52. The van der Waals surface area contributed by atoms with Crippen LogP contribution in [0.15, 0.2) is 16.7 Å². The molecule has 8 heteroatoms. The Kier molecular flexibility index (Phi) is 6.25. The molecule has 0 aliphatic heterocycles. The second kappa shape index (κ2) is 8.62. The van der Waals surface area contributed by atoms with Gasteiger partial charge in [0.1, 0.15) is 5.82 Å². The second-order valence-corrected chi connectivity index (χ2v) is 8.01. The monoisotopic (exact) mass is 365 g/mol. The van der Waals surface area contributed by atoms with Gasteiger partial charge in [0.15, 0.2) is 10.3 Å². The molecule has 0 radical (unpaired) electrons. The average Bonchev–Trinajstić information content (AvgIpc) is 3.22. The Morgan fingerprint density at radius 3 is 2.96 bits per heavy atom. The molecular weight excluding hydrogens is 342 g/mol. The van der Waals surface area contributed by atoms with Gasteiger partial charge in [-0.2, -0.15) is 0 Å². The highest BCUT2D eigenvalue weighted by atomic mass is 32.2. The van der Waals surface area contributed by atoms with Crippen molar-refractivity contribution >= 4 is 34.1 Å². The first-order chi connectivity index (χ1) is 11.7. The summed E-state index contributed by atoms with van der Waals surface area (Å²) < 4.78 is 2.02. The van der Waals surface area contributed by atoms with Crippen molar-refractivity contribution in [2.24, 2.45) is 13.0 Å². The van der Waals surface area contributed by atoms with Crippen LogP contribution in [0.25, 0.3) is 0 Å². The minimum Gasteiger partial charge on any atom is -0.309 e. The molecule has 0 saturated heterocycles. The zero-order chi connectivity index (χ0) is 16.8. The number of hydrogen-bond acceptors (Lipinski definition) is 6. The molecule has 0 aromatic carbocycles. The Morgan fingerprint density at radius 1 is 1.38 bits per heavy atom. The van der Waals surface area contributed by atoms with E-state index in [0.29, 0.717) is 10.9 Å². The lowest BCUT2D eigenvalue weighted by molar-refractivity contribution is -0.113. The van der Waals surface area contributed by atoms with Gasteiger partial charge in [-0.1, -0.05) is 43.9 Å². The smallest absolute Gasteiger partial charge is 0.236 e. The molecule has 0 bridgehead atoms. The number of nitrogens with one attached hydrogen (secondary N) is 1. The van der Waals surface area contributed by atoms with Gasteiger partial charge in [0.2, 0.25) is 5.91 Å². The Bertz CT molecular complexity index is 649. The minimum absolute atomic E-state index is 0.0679. The molecule has 0 unspecified atom stereocenters. The first-order valence-electron chi connectivity index (χ1n) is 8.43. The fourth-order valence-corrected chi connectivity index (χ4v) is 4.34. The highest BCUT2D eigenvalue weighted by Crippen LogP contribution is 2.27. The van der Waals surface area contributed by atoms with Crippen molar-refractivity contribution in [1.82, 2.24) is 19.7 Å². The van der Waals surface area contributed by atoms with Crippen LogP contribution in [0.5, 0.6) is 0 Å². The van der Waals surface area contributed by atoms with Crippen LogP contribution in [0.3, 0.4) is 0 Å². The first kappa shape index (κ1) is 17.4. The molecule has 0 spiro atoms. The number of carbonyl (C=O) groups excluding carboxylic acids is 1. The molecule has 2 aromatic rings. The molecule has 0 atom stereocenters. The number of hydrogen-bond donors (Lipinski definition) is 1. The average molecular weight is 366 g/mol. The van der Waals surface area contributed by atoms with Gasteiger partial charge in [-0.05, 0) is 12.3 Å². The van der Waals surface area contributed by atoms with Crippen molar-refractivity contribution in [3.8, 4) is 0 Å². The topological polar surface area (TPSA) is 72.7 Å². The third-order valence-electron chi connectivity index (χ3n) is 4.44. The van der Waals surface area contributed by atoms with Crippen LogP contribution in [0.1, 0.15) is 44.3 Å². The molecule has 24 heavy (non-hydrogen) atoms. The number of amides is 1. The molecule has 1 fully saturated rings. The molecule has 130 valence electrons. The van der Waals surface area contributed by atoms with Crippen molar-refractivity contribution in [3.05, 3.63) is 17.4 Å². The van der Waals surface area contributed by atoms with Gasteiger partial charge in [-0.3, -0.25) is 4.79 Å². The second-order valence-electron chi connectivity index (χ2n) is 6.17. The third kappa shape index (κ3) is 4.80. The van der Waals surface area contributed by atoms with Crippen molar-refractivity contribution in [1.29, 1.82) is 0 Å². The van der Waals surface area contributed by atoms with Crippen LogP contribution in [0.4, 0.5) is 5.13 Å². The van der Waals surface area contributed by atoms with E-state index in [9.17, 15) is 4.79 Å². The van der Waals surface area contributed by atoms with E-state index < -0.39 is 0 Å². The van der Waals surface area contributed by atoms with E-state index in [1.54, 1.807) is 6.20 Å². The standard InChI is InChI=1S/C16H23N5OS2/c1-21-13(8-7-12-5-3-2-4-6-12)19-20-16(21)24-11-14(22)18-15-17-9-10-23-15/h9-10,12H,2-8,11H2,1H3,(H,17,18,22). The van der Waals surface area contributed by atoms with Gasteiger partial charge in [0, 0.05) is 25.0 Å². The van der Waals surface area contributed by atoms with Gasteiger partial charge in [0.25, 0.3) is 0 Å². The fraction of sp³-hybridized carbons (Fsp3) is 0.625. The van der Waals surface area contributed by atoms with E-state index in [4.69, 9.17) is 0 Å². The highest BCUT2D eigenvalue weighted by Gasteiger charge is 2.16. The van der Waals surface area contributed by atoms with E-state index in [0.717, 1.165) is 23.3 Å². The third-order valence-corrected chi connectivity index (χ3v) is 6.15. The normalized spacial score (nSPS) is 15.5. The summed E-state index contributed by atoms with van der Waals surface area (Å²) in [5, 5.41) is 14.6. The quantitative estimate of drug-likeness (QED) is 0.760. The molecule has 2 heterocycles. The zero-order valence-electron chi connectivity index (χ0n) is 13.9. The van der Waals surface area contributed by atoms with E-state index in [1.165, 1.54) is 61.6 Å². The van der Waals surface area contributed by atoms with Crippen molar-refractivity contribution in [2.45, 2.75) is 50.1 Å². The number of thioether (sulfide) groups is 1. The fourth-order valence-electron chi connectivity index (χ4n) is 3.07. The maximum Gasteiger partial charge on any atom is 0.236 e. The summed E-state index contributed by atoms with van der Waals surface area (Å²) in [5.74, 6) is 2.11. The van der Waals surface area contributed by atoms with E-state index >= 15 is 0 Å². The largest absolute Gasteiger partial charge is 0.309 e. The summed E-state index contributed by atoms with van der Waals surface area (Å²) in [6.45, 7) is 0. The van der Waals surface area contributed by atoms with Gasteiger partial charge in [-0.25, -0.2) is 4.98 Å². The summed E-state index contributed by atoms with van der Waals surface area (Å²) in [4.78, 5) is 16.0. The van der Waals surface area contributed by atoms with E-state index in [-0.39, 0.29) is 5.91 Å². The lowest BCUT2D eigenvalue weighted by Gasteiger charge is -2.20. The molecule has 1 N–H and O–H groups in total. The Morgan fingerprint density at radius 2 is 2.21 bits per heavy atom. The molecule has 1 aliphatic carbocycles. The van der Waals surface area contributed by atoms with Gasteiger partial charge < -0.3 is 9.88 Å².